The molecular formula is C19H12F8N2O3. The highest BCUT2D eigenvalue weighted by molar-refractivity contribution is 5.68. The smallest absolute Gasteiger partial charge is 0.456 e. The predicted molar refractivity (Wildman–Crippen MR) is 94.9 cm³/mol. The quantitative estimate of drug-likeness (QED) is 0.497. The molecule has 0 atom stereocenters. The van der Waals surface area contributed by atoms with Gasteiger partial charge in [0.05, 0.1) is 12.7 Å². The largest absolute Gasteiger partial charge is 0.497 e. The molecule has 1 aromatic carbocycles. The fourth-order valence-corrected chi connectivity index (χ4v) is 2.69. The molecule has 0 saturated heterocycles. The van der Waals surface area contributed by atoms with Gasteiger partial charge in [-0.15, -0.1) is 0 Å². The Bertz CT molecular complexity index is 1180. The van der Waals surface area contributed by atoms with Gasteiger partial charge in [-0.25, -0.2) is 4.98 Å². The van der Waals surface area contributed by atoms with E-state index in [0.717, 1.165) is 40.9 Å². The fraction of sp³-hybridized carbons (Fsp3) is 0.263. The van der Waals surface area contributed by atoms with Gasteiger partial charge in [0.15, 0.2) is 12.3 Å². The zero-order chi connectivity index (χ0) is 23.9. The fourth-order valence-electron chi connectivity index (χ4n) is 2.69. The van der Waals surface area contributed by atoms with Crippen molar-refractivity contribution in [2.75, 3.05) is 13.7 Å². The van der Waals surface area contributed by atoms with Crippen LogP contribution in [-0.2, 0) is 6.18 Å². The number of ether oxygens (including phenoxy) is 2. The number of methoxy groups -OCH3 is 1. The highest BCUT2D eigenvalue weighted by Crippen LogP contribution is 2.37. The lowest BCUT2D eigenvalue weighted by molar-refractivity contribution is -0.290. The number of hydrogen-bond donors (Lipinski definition) is 0. The molecule has 32 heavy (non-hydrogen) atoms. The molecule has 3 rings (SSSR count). The van der Waals surface area contributed by atoms with Gasteiger partial charge in [-0.1, -0.05) is 12.1 Å². The summed E-state index contributed by atoms with van der Waals surface area (Å²) in [5, 5.41) is 0. The molecule has 3 aromatic rings. The summed E-state index contributed by atoms with van der Waals surface area (Å²) in [6.07, 6.45) is -9.71. The minimum absolute atomic E-state index is 0.162. The summed E-state index contributed by atoms with van der Waals surface area (Å²) in [6, 6.07) is 6.02. The van der Waals surface area contributed by atoms with Gasteiger partial charge in [0.2, 0.25) is 0 Å². The zero-order valence-electron chi connectivity index (χ0n) is 15.9. The van der Waals surface area contributed by atoms with Gasteiger partial charge >= 0.3 is 18.3 Å². The zero-order valence-corrected chi connectivity index (χ0v) is 15.9. The van der Waals surface area contributed by atoms with E-state index in [9.17, 15) is 39.9 Å². The molecule has 0 aliphatic rings. The van der Waals surface area contributed by atoms with Crippen LogP contribution in [0.3, 0.4) is 0 Å². The van der Waals surface area contributed by atoms with E-state index in [-0.39, 0.29) is 17.0 Å². The lowest BCUT2D eigenvalue weighted by atomic mass is 10.0. The maximum Gasteiger partial charge on any atom is 0.456 e. The molecule has 0 saturated carbocycles. The van der Waals surface area contributed by atoms with E-state index in [4.69, 9.17) is 4.74 Å². The Morgan fingerprint density at radius 3 is 2.09 bits per heavy atom. The minimum atomic E-state index is -5.83. The van der Waals surface area contributed by atoms with Gasteiger partial charge in [0.1, 0.15) is 17.1 Å². The van der Waals surface area contributed by atoms with Crippen molar-refractivity contribution in [1.29, 1.82) is 0 Å². The average Bonchev–Trinajstić information content (AvgIpc) is 2.71. The topological polar surface area (TPSA) is 52.8 Å². The molecule has 2 aromatic heterocycles. The third kappa shape index (κ3) is 4.46. The van der Waals surface area contributed by atoms with E-state index in [1.807, 2.05) is 0 Å². The lowest BCUT2D eigenvalue weighted by Crippen LogP contribution is -2.41. The summed E-state index contributed by atoms with van der Waals surface area (Å²) in [4.78, 5) is 16.3. The van der Waals surface area contributed by atoms with E-state index in [0.29, 0.717) is 0 Å². The second-order valence-corrected chi connectivity index (χ2v) is 6.45. The summed E-state index contributed by atoms with van der Waals surface area (Å²) in [5.74, 6) is -5.43. The van der Waals surface area contributed by atoms with Crippen LogP contribution >= 0.6 is 0 Å². The molecule has 0 bridgehead atoms. The lowest BCUT2D eigenvalue weighted by Gasteiger charge is -2.20. The van der Waals surface area contributed by atoms with Crippen LogP contribution in [0.25, 0.3) is 16.8 Å². The number of hydrogen-bond acceptors (Lipinski definition) is 4. The number of benzene rings is 1. The van der Waals surface area contributed by atoms with Crippen LogP contribution in [0.2, 0.25) is 0 Å². The van der Waals surface area contributed by atoms with Gasteiger partial charge < -0.3 is 9.47 Å². The van der Waals surface area contributed by atoms with Crippen molar-refractivity contribution in [2.24, 2.45) is 0 Å². The number of rotatable bonds is 5. The number of aromatic nitrogens is 2. The third-order valence-electron chi connectivity index (χ3n) is 4.28. The molecule has 13 heteroatoms. The van der Waals surface area contributed by atoms with Gasteiger partial charge in [0.25, 0.3) is 5.56 Å². The Hall–Kier alpha value is -3.38. The van der Waals surface area contributed by atoms with Crippen LogP contribution in [0.15, 0.2) is 47.4 Å². The molecule has 172 valence electrons. The molecule has 0 amide bonds. The van der Waals surface area contributed by atoms with Gasteiger partial charge in [0, 0.05) is 12.3 Å². The number of alkyl halides is 8. The average molecular weight is 468 g/mol. The summed E-state index contributed by atoms with van der Waals surface area (Å²) < 4.78 is 114. The highest BCUT2D eigenvalue weighted by atomic mass is 19.4. The maximum absolute atomic E-state index is 13.6. The van der Waals surface area contributed by atoms with Crippen molar-refractivity contribution in [3.05, 3.63) is 58.6 Å². The summed E-state index contributed by atoms with van der Waals surface area (Å²) in [5.41, 5.74) is -4.06. The molecule has 0 unspecified atom stereocenters. The second-order valence-electron chi connectivity index (χ2n) is 6.45. The molecule has 0 spiro atoms. The molecule has 2 heterocycles. The van der Waals surface area contributed by atoms with E-state index in [2.05, 4.69) is 9.72 Å². The van der Waals surface area contributed by atoms with Crippen LogP contribution < -0.4 is 15.0 Å². The third-order valence-corrected chi connectivity index (χ3v) is 4.28. The normalized spacial score (nSPS) is 12.8. The van der Waals surface area contributed by atoms with E-state index in [1.54, 1.807) is 0 Å². The van der Waals surface area contributed by atoms with Crippen molar-refractivity contribution in [3.63, 3.8) is 0 Å². The van der Waals surface area contributed by atoms with Crippen LogP contribution in [0.4, 0.5) is 35.1 Å². The van der Waals surface area contributed by atoms with Crippen LogP contribution in [0.5, 0.6) is 11.5 Å². The van der Waals surface area contributed by atoms with Crippen molar-refractivity contribution in [3.8, 4) is 22.6 Å². The van der Waals surface area contributed by atoms with E-state index < -0.39 is 47.4 Å². The number of halogens is 8. The van der Waals surface area contributed by atoms with E-state index in [1.165, 1.54) is 13.2 Å². The molecule has 0 aliphatic heterocycles. The van der Waals surface area contributed by atoms with Crippen molar-refractivity contribution in [2.45, 2.75) is 18.3 Å². The number of pyridine rings is 1. The molecular weight excluding hydrogens is 456 g/mol. The number of nitrogens with zero attached hydrogens (tertiary/aromatic N) is 2. The van der Waals surface area contributed by atoms with Gasteiger partial charge in [-0.05, 0) is 23.8 Å². The highest BCUT2D eigenvalue weighted by Gasteiger charge is 2.58. The Kier molecular flexibility index (Phi) is 5.78. The Morgan fingerprint density at radius 2 is 1.56 bits per heavy atom. The molecule has 0 aliphatic carbocycles. The summed E-state index contributed by atoms with van der Waals surface area (Å²) >= 11 is 0. The molecule has 0 radical (unpaired) electrons. The first kappa shape index (κ1) is 23.3. The first-order valence-electron chi connectivity index (χ1n) is 8.60. The van der Waals surface area contributed by atoms with Crippen molar-refractivity contribution >= 4 is 5.65 Å². The standard InChI is InChI=1S/C19H12F8N2O3/c1-31-12-6-7-29-13(8-12)28-15(18(22,23)24)14(16(29)30)10-2-4-11(5-3-10)32-9-17(20,21)19(25,26)27/h2-8H,9H2,1H3. The van der Waals surface area contributed by atoms with Crippen molar-refractivity contribution in [1.82, 2.24) is 9.38 Å². The summed E-state index contributed by atoms with van der Waals surface area (Å²) in [6.45, 7) is -2.02. The first-order valence-corrected chi connectivity index (χ1v) is 8.60. The maximum atomic E-state index is 13.6. The first-order chi connectivity index (χ1) is 14.7. The van der Waals surface area contributed by atoms with Gasteiger partial charge in [-0.2, -0.15) is 35.1 Å². The Balaban J connectivity index is 2.03. The monoisotopic (exact) mass is 468 g/mol. The Labute approximate surface area is 173 Å². The molecule has 5 nitrogen and oxygen atoms in total. The minimum Gasteiger partial charge on any atom is -0.497 e. The predicted octanol–water partition coefficient (Wildman–Crippen LogP) is 4.97. The molecule has 0 fully saturated rings. The van der Waals surface area contributed by atoms with E-state index >= 15 is 0 Å². The SMILES string of the molecule is COc1ccn2c(=O)c(-c3ccc(OCC(F)(F)C(F)(F)F)cc3)c(C(F)(F)F)nc2c1. The second kappa shape index (κ2) is 7.95. The van der Waals surface area contributed by atoms with Crippen LogP contribution in [0, 0.1) is 0 Å². The van der Waals surface area contributed by atoms with Crippen LogP contribution in [0.1, 0.15) is 5.69 Å². The van der Waals surface area contributed by atoms with Crippen LogP contribution in [-0.4, -0.2) is 35.2 Å². The number of fused-ring (bicyclic) bond motifs is 1. The summed E-state index contributed by atoms with van der Waals surface area (Å²) in [7, 11) is 1.27. The Morgan fingerprint density at radius 1 is 0.938 bits per heavy atom. The molecule has 0 N–H and O–H groups in total. The van der Waals surface area contributed by atoms with Gasteiger partial charge in [-0.3, -0.25) is 9.20 Å². The van der Waals surface area contributed by atoms with Crippen molar-refractivity contribution < 1.29 is 44.6 Å².